The average molecular weight is 1030 g/mol. The van der Waals surface area contributed by atoms with Crippen LogP contribution in [0, 0.1) is 35.1 Å². The fourth-order valence-electron chi connectivity index (χ4n) is 9.76. The van der Waals surface area contributed by atoms with Crippen molar-refractivity contribution >= 4 is 58.6 Å². The highest BCUT2D eigenvalue weighted by molar-refractivity contribution is 7.71. The molecule has 0 bridgehead atoms. The first kappa shape index (κ1) is 49.0. The number of para-hydroxylation sites is 1. The number of benzene rings is 5. The Labute approximate surface area is 436 Å². The summed E-state index contributed by atoms with van der Waals surface area (Å²) in [5.41, 5.74) is 11.6. The molecule has 374 valence electrons. The van der Waals surface area contributed by atoms with Crippen molar-refractivity contribution in [3.05, 3.63) is 133 Å². The number of hydrogen-bond acceptors (Lipinski definition) is 11. The molecule has 10 aromatic rings. The zero-order valence-electron chi connectivity index (χ0n) is 41.8. The maximum atomic E-state index is 10.9. The SMILES string of the molecule is CCc1cc(-c2nc(=S)n(CCn3cnc4c(-n5c(-c6cc(CC)c(O)cc6C)nn(COc6ccc(-n7c(-c8cc(CC)c(O)cc8C)n[nH]c7=S)c7ccn(C(C)C)c67)c5=S)cccc43)[nH]2)c(C)cc1O. The quantitative estimate of drug-likeness (QED) is 0.0616. The number of phenolic OH excluding ortho intramolecular Hbond substituents is 3. The summed E-state index contributed by atoms with van der Waals surface area (Å²) in [5.74, 6) is 3.20. The number of phenols is 3. The summed E-state index contributed by atoms with van der Waals surface area (Å²) in [7, 11) is 0. The van der Waals surface area contributed by atoms with Gasteiger partial charge in [-0.1, -0.05) is 26.8 Å². The Morgan fingerprint density at radius 3 is 1.99 bits per heavy atom. The number of fused-ring (bicyclic) bond motifs is 2. The van der Waals surface area contributed by atoms with Gasteiger partial charge in [0.1, 0.15) is 28.5 Å². The van der Waals surface area contributed by atoms with Gasteiger partial charge in [-0.3, -0.25) is 24.0 Å². The first-order chi connectivity index (χ1) is 35.1. The van der Waals surface area contributed by atoms with E-state index in [-0.39, 0.29) is 30.0 Å². The summed E-state index contributed by atoms with van der Waals surface area (Å²) in [4.78, 5) is 9.66. The van der Waals surface area contributed by atoms with Crippen LogP contribution in [0.15, 0.2) is 85.3 Å². The van der Waals surface area contributed by atoms with E-state index in [1.165, 1.54) is 0 Å². The predicted octanol–water partition coefficient (Wildman–Crippen LogP) is 12.3. The van der Waals surface area contributed by atoms with Crippen LogP contribution in [-0.2, 0) is 39.1 Å². The van der Waals surface area contributed by atoms with Gasteiger partial charge in [0.25, 0.3) is 0 Å². The van der Waals surface area contributed by atoms with Crippen molar-refractivity contribution in [1.82, 2.24) is 58.0 Å². The van der Waals surface area contributed by atoms with E-state index in [2.05, 4.69) is 55.5 Å². The van der Waals surface area contributed by atoms with E-state index in [1.54, 1.807) is 22.9 Å². The van der Waals surface area contributed by atoms with Crippen molar-refractivity contribution in [2.24, 2.45) is 0 Å². The number of aromatic nitrogens is 12. The highest BCUT2D eigenvalue weighted by Crippen LogP contribution is 2.39. The number of aromatic amines is 2. The molecule has 73 heavy (non-hydrogen) atoms. The normalized spacial score (nSPS) is 11.8. The lowest BCUT2D eigenvalue weighted by Crippen LogP contribution is -2.10. The molecule has 0 fully saturated rings. The molecule has 10 rings (SSSR count). The standard InChI is InChI=1S/C54H56N12O4S3/c1-9-33-24-37(30(6)21-43(33)67)49-56-52(71)63(59-49)20-19-61-27-55-47-41(61)13-12-14-42(47)66-51(39-26-35(11-3)45(69)23-32(39)8)60-64(54(66)73)28-70-46-16-15-40(36-17-18-62(29(4)5)48(36)46)65-50(57-58-53(65)72)38-25-34(10-2)44(68)22-31(38)7/h12-18,21-27,29,67-69H,9-11,19-20,28H2,1-8H3,(H,58,72)(H,56,59,71). The summed E-state index contributed by atoms with van der Waals surface area (Å²) in [6.45, 7) is 17.1. The minimum Gasteiger partial charge on any atom is -0.508 e. The molecule has 5 aromatic carbocycles. The topological polar surface area (TPSA) is 183 Å². The van der Waals surface area contributed by atoms with Crippen LogP contribution in [-0.4, -0.2) is 73.3 Å². The van der Waals surface area contributed by atoms with Crippen LogP contribution in [0.3, 0.4) is 0 Å². The van der Waals surface area contributed by atoms with Crippen molar-refractivity contribution in [2.75, 3.05) is 0 Å². The summed E-state index contributed by atoms with van der Waals surface area (Å²) in [6, 6.07) is 23.3. The number of hydrogen-bond donors (Lipinski definition) is 5. The molecule has 0 atom stereocenters. The molecule has 0 saturated heterocycles. The number of aromatic hydroxyl groups is 3. The maximum Gasteiger partial charge on any atom is 0.216 e. The van der Waals surface area contributed by atoms with Crippen LogP contribution in [0.5, 0.6) is 23.0 Å². The molecule has 5 N–H and O–H groups in total. The van der Waals surface area contributed by atoms with Crippen LogP contribution < -0.4 is 4.74 Å². The predicted molar refractivity (Wildman–Crippen MR) is 292 cm³/mol. The van der Waals surface area contributed by atoms with E-state index in [0.717, 1.165) is 77.9 Å². The van der Waals surface area contributed by atoms with Gasteiger partial charge in [-0.05, 0) is 191 Å². The molecular formula is C54H56N12O4S3. The Morgan fingerprint density at radius 2 is 1.34 bits per heavy atom. The third-order valence-corrected chi connectivity index (χ3v) is 14.7. The van der Waals surface area contributed by atoms with Gasteiger partial charge < -0.3 is 29.2 Å². The van der Waals surface area contributed by atoms with Gasteiger partial charge >= 0.3 is 0 Å². The average Bonchev–Trinajstić information content (AvgIpc) is 4.21. The number of ether oxygens (including phenoxy) is 1. The maximum absolute atomic E-state index is 10.9. The van der Waals surface area contributed by atoms with Crippen molar-refractivity contribution < 1.29 is 20.1 Å². The van der Waals surface area contributed by atoms with Crippen molar-refractivity contribution in [2.45, 2.75) is 101 Å². The molecule has 16 nitrogen and oxygen atoms in total. The molecule has 19 heteroatoms. The van der Waals surface area contributed by atoms with Gasteiger partial charge in [-0.15, -0.1) is 5.10 Å². The monoisotopic (exact) mass is 1030 g/mol. The molecule has 5 heterocycles. The molecule has 0 aliphatic carbocycles. The van der Waals surface area contributed by atoms with Crippen LogP contribution in [0.25, 0.3) is 67.5 Å². The van der Waals surface area contributed by atoms with E-state index in [1.807, 2.05) is 110 Å². The zero-order chi connectivity index (χ0) is 51.6. The van der Waals surface area contributed by atoms with Gasteiger partial charge in [-0.2, -0.15) is 10.1 Å². The van der Waals surface area contributed by atoms with E-state index >= 15 is 0 Å². The minimum atomic E-state index is -0.0299. The lowest BCUT2D eigenvalue weighted by atomic mass is 10.0. The first-order valence-corrected chi connectivity index (χ1v) is 25.6. The van der Waals surface area contributed by atoms with Gasteiger partial charge in [0.15, 0.2) is 29.0 Å². The fourth-order valence-corrected chi connectivity index (χ4v) is 10.5. The Morgan fingerprint density at radius 1 is 0.712 bits per heavy atom. The minimum absolute atomic E-state index is 0.0299. The Kier molecular flexibility index (Phi) is 13.0. The number of nitrogens with zero attached hydrogens (tertiary/aromatic N) is 10. The van der Waals surface area contributed by atoms with Gasteiger partial charge in [0, 0.05) is 40.9 Å². The molecular weight excluding hydrogens is 977 g/mol. The highest BCUT2D eigenvalue weighted by atomic mass is 32.1. The van der Waals surface area contributed by atoms with Gasteiger partial charge in [0.05, 0.1) is 35.3 Å². The van der Waals surface area contributed by atoms with Crippen molar-refractivity contribution in [1.29, 1.82) is 0 Å². The molecule has 5 aromatic heterocycles. The Hall–Kier alpha value is -7.61. The van der Waals surface area contributed by atoms with Crippen molar-refractivity contribution in [3.8, 4) is 68.5 Å². The summed E-state index contributed by atoms with van der Waals surface area (Å²) < 4.78 is 19.7. The van der Waals surface area contributed by atoms with E-state index in [0.29, 0.717) is 75.4 Å². The second kappa shape index (κ2) is 19.4. The highest BCUT2D eigenvalue weighted by Gasteiger charge is 2.24. The molecule has 0 saturated carbocycles. The summed E-state index contributed by atoms with van der Waals surface area (Å²) in [5, 5.41) is 49.2. The van der Waals surface area contributed by atoms with Crippen molar-refractivity contribution in [3.63, 3.8) is 0 Å². The smallest absolute Gasteiger partial charge is 0.216 e. The van der Waals surface area contributed by atoms with Crippen LogP contribution in [0.4, 0.5) is 0 Å². The molecule has 0 amide bonds. The second-order valence-electron chi connectivity index (χ2n) is 18.6. The largest absolute Gasteiger partial charge is 0.508 e. The summed E-state index contributed by atoms with van der Waals surface area (Å²) in [6.07, 6.45) is 5.82. The van der Waals surface area contributed by atoms with Gasteiger partial charge in [-0.25, -0.2) is 9.67 Å². The summed E-state index contributed by atoms with van der Waals surface area (Å²) >= 11 is 18.0. The number of rotatable bonds is 15. The zero-order valence-corrected chi connectivity index (χ0v) is 44.3. The van der Waals surface area contributed by atoms with Crippen LogP contribution in [0.2, 0.25) is 0 Å². The molecule has 0 spiro atoms. The first-order valence-electron chi connectivity index (χ1n) is 24.3. The third-order valence-electron chi connectivity index (χ3n) is 13.7. The second-order valence-corrected chi connectivity index (χ2v) is 19.7. The van der Waals surface area contributed by atoms with E-state index in [9.17, 15) is 15.3 Å². The number of aryl methyl sites for hydroxylation is 8. The van der Waals surface area contributed by atoms with E-state index in [4.69, 9.17) is 51.5 Å². The number of nitrogens with one attached hydrogen (secondary N) is 2. The molecule has 0 aliphatic rings. The Balaban J connectivity index is 1.03. The van der Waals surface area contributed by atoms with Crippen LogP contribution >= 0.6 is 36.7 Å². The third kappa shape index (κ3) is 8.63. The van der Waals surface area contributed by atoms with E-state index < -0.39 is 0 Å². The molecule has 0 aliphatic heterocycles. The van der Waals surface area contributed by atoms with Crippen LogP contribution in [0.1, 0.15) is 74.0 Å². The number of imidazole rings is 1. The Bertz CT molecular complexity index is 3970. The molecule has 0 unspecified atom stereocenters. The number of H-pyrrole nitrogens is 2. The fraction of sp³-hybridized carbons (Fsp3) is 0.278. The van der Waals surface area contributed by atoms with Gasteiger partial charge in [0.2, 0.25) is 9.54 Å². The molecule has 0 radical (unpaired) electrons. The lowest BCUT2D eigenvalue weighted by Gasteiger charge is -2.17. The lowest BCUT2D eigenvalue weighted by molar-refractivity contribution is 0.220.